The van der Waals surface area contributed by atoms with Crippen molar-refractivity contribution in [2.75, 3.05) is 19.0 Å². The normalized spacial score (nSPS) is 24.1. The first-order valence-electron chi connectivity index (χ1n) is 17.7. The van der Waals surface area contributed by atoms with Gasteiger partial charge >= 0.3 is 5.76 Å². The van der Waals surface area contributed by atoms with Crippen molar-refractivity contribution in [1.29, 1.82) is 0 Å². The number of hydrogen-bond donors (Lipinski definition) is 3. The Morgan fingerprint density at radius 3 is 2.66 bits per heavy atom. The maximum Gasteiger partial charge on any atom is 0.434 e. The van der Waals surface area contributed by atoms with Crippen LogP contribution >= 0.6 is 11.3 Å². The molecular weight excluding hydrogens is 706 g/mol. The monoisotopic (exact) mass is 738 g/mol. The van der Waals surface area contributed by atoms with E-state index in [1.807, 2.05) is 24.0 Å². The molecule has 3 aromatic heterocycles. The summed E-state index contributed by atoms with van der Waals surface area (Å²) in [5, 5.41) is 14.7. The number of carbonyl (C=O) groups is 1. The van der Waals surface area contributed by atoms with Crippen LogP contribution in [0, 0.1) is 30.3 Å². The summed E-state index contributed by atoms with van der Waals surface area (Å²) in [6.07, 6.45) is 3.91. The second kappa shape index (κ2) is 11.6. The number of nitrogens with zero attached hydrogens (tertiary/aromatic N) is 3. The van der Waals surface area contributed by atoms with Crippen LogP contribution < -0.4 is 21.1 Å². The number of fused-ring (bicyclic) bond motifs is 2. The molecule has 2 aromatic carbocycles. The fraction of sp³-hybridized carbons (Fsp3) is 0.333. The van der Waals surface area contributed by atoms with Crippen molar-refractivity contribution < 1.29 is 27.1 Å². The molecule has 53 heavy (non-hydrogen) atoms. The van der Waals surface area contributed by atoms with Gasteiger partial charge in [-0.05, 0) is 92.8 Å². The van der Waals surface area contributed by atoms with Gasteiger partial charge < -0.3 is 24.7 Å². The lowest BCUT2D eigenvalue weighted by Gasteiger charge is -2.42. The summed E-state index contributed by atoms with van der Waals surface area (Å²) in [5.41, 5.74) is 5.43. The first kappa shape index (κ1) is 32.3. The molecule has 0 radical (unpaired) electrons. The van der Waals surface area contributed by atoms with Crippen molar-refractivity contribution >= 4 is 38.7 Å². The molecule has 5 aromatic rings. The highest BCUT2D eigenvalue weighted by Gasteiger charge is 2.66. The van der Waals surface area contributed by atoms with Crippen molar-refractivity contribution in [2.24, 2.45) is 5.92 Å². The number of methoxy groups -OCH3 is 1. The van der Waals surface area contributed by atoms with Crippen molar-refractivity contribution in [3.63, 3.8) is 0 Å². The van der Waals surface area contributed by atoms with E-state index in [0.717, 1.165) is 50.5 Å². The third-order valence-electron chi connectivity index (χ3n) is 11.7. The molecule has 3 fully saturated rings. The lowest BCUT2D eigenvalue weighted by molar-refractivity contribution is -0.127. The topological polar surface area (TPSA) is 125 Å². The van der Waals surface area contributed by atoms with E-state index < -0.39 is 28.8 Å². The minimum absolute atomic E-state index is 0.0404. The van der Waals surface area contributed by atoms with Gasteiger partial charge in [0, 0.05) is 44.0 Å². The van der Waals surface area contributed by atoms with Gasteiger partial charge in [-0.3, -0.25) is 4.79 Å². The number of hydrogen-bond acceptors (Lipinski definition) is 9. The SMILES string of the molecule is COc1c(F)c(F)cc2c1CC[C@H]2Nc1nc(C)cc2sc(C3C4=C(NC(CCc5ccc(F)cc5)=C3c3n[nH]c(=O)o3)C35CC(CN3C4=O)C5)cc12. The van der Waals surface area contributed by atoms with Gasteiger partial charge in [0.1, 0.15) is 11.6 Å². The van der Waals surface area contributed by atoms with Gasteiger partial charge in [-0.15, -0.1) is 16.4 Å². The number of H-pyrrole nitrogens is 1. The van der Waals surface area contributed by atoms with Gasteiger partial charge in [-0.2, -0.15) is 4.39 Å². The quantitative estimate of drug-likeness (QED) is 0.159. The summed E-state index contributed by atoms with van der Waals surface area (Å²) in [5.74, 6) is -2.59. The van der Waals surface area contributed by atoms with Crippen molar-refractivity contribution in [2.45, 2.75) is 62.9 Å². The Morgan fingerprint density at radius 2 is 1.91 bits per heavy atom. The number of allylic oxidation sites excluding steroid dienone is 2. The Bertz CT molecular complexity index is 2510. The van der Waals surface area contributed by atoms with Crippen molar-refractivity contribution in [3.05, 3.63) is 121 Å². The minimum Gasteiger partial charge on any atom is -0.493 e. The molecule has 7 heterocycles. The highest BCUT2D eigenvalue weighted by atomic mass is 32.1. The lowest BCUT2D eigenvalue weighted by Crippen LogP contribution is -2.48. The highest BCUT2D eigenvalue weighted by Crippen LogP contribution is 2.62. The molecule has 2 saturated heterocycles. The third kappa shape index (κ3) is 4.76. The molecule has 1 unspecified atom stereocenters. The maximum atomic E-state index is 14.7. The Kier molecular flexibility index (Phi) is 7.05. The summed E-state index contributed by atoms with van der Waals surface area (Å²) in [4.78, 5) is 34.6. The van der Waals surface area contributed by atoms with E-state index in [9.17, 15) is 22.8 Å². The number of amides is 1. The highest BCUT2D eigenvalue weighted by molar-refractivity contribution is 7.19. The number of anilines is 1. The Morgan fingerprint density at radius 1 is 1.09 bits per heavy atom. The number of aromatic nitrogens is 3. The first-order valence-corrected chi connectivity index (χ1v) is 18.5. The summed E-state index contributed by atoms with van der Waals surface area (Å²) in [7, 11) is 1.34. The molecule has 2 atom stereocenters. The molecule has 1 saturated carbocycles. The Hall–Kier alpha value is -5.37. The second-order valence-corrected chi connectivity index (χ2v) is 15.8. The van der Waals surface area contributed by atoms with Crippen LogP contribution in [0.15, 0.2) is 68.6 Å². The fourth-order valence-corrected chi connectivity index (χ4v) is 10.7. The van der Waals surface area contributed by atoms with E-state index in [4.69, 9.17) is 14.1 Å². The third-order valence-corrected chi connectivity index (χ3v) is 12.8. The van der Waals surface area contributed by atoms with Crippen LogP contribution in [0.1, 0.15) is 70.8 Å². The molecule has 6 aliphatic rings. The van der Waals surface area contributed by atoms with Crippen LogP contribution in [0.25, 0.3) is 15.7 Å². The number of dihydropyridines is 1. The fourth-order valence-electron chi connectivity index (χ4n) is 9.41. The smallest absolute Gasteiger partial charge is 0.434 e. The van der Waals surface area contributed by atoms with E-state index in [1.165, 1.54) is 36.6 Å². The van der Waals surface area contributed by atoms with E-state index in [2.05, 4.69) is 20.8 Å². The number of benzene rings is 2. The summed E-state index contributed by atoms with van der Waals surface area (Å²) in [6.45, 7) is 2.59. The van der Waals surface area contributed by atoms with Crippen LogP contribution in [0.3, 0.4) is 0 Å². The molecule has 270 valence electrons. The van der Waals surface area contributed by atoms with Crippen molar-refractivity contribution in [1.82, 2.24) is 25.4 Å². The molecular formula is C39H33F3N6O4S. The van der Waals surface area contributed by atoms with Gasteiger partial charge in [-0.1, -0.05) is 12.1 Å². The number of pyridine rings is 1. The standard InChI is InChI=1S/C39H33F3N6O4S/c1-17-11-27-23(35(43-17)45-25-10-8-21-22(25)12-24(41)32(42)33(21)51-2)13-28(53-27)30-29(36-46-47-38(50)52-36)26(9-5-18-3-6-20(40)7-4-18)44-34-31(30)37(49)48-16-19-14-39(34,48)15-19/h3-4,6-7,11-13,19,25,30,44H,5,8-10,14-16H2,1-2H3,(H,43,45)(H,47,50)/t19?,25-,30?,39?/m1/s1. The predicted molar refractivity (Wildman–Crippen MR) is 191 cm³/mol. The van der Waals surface area contributed by atoms with Crippen LogP contribution in [-0.4, -0.2) is 45.2 Å². The lowest BCUT2D eigenvalue weighted by atomic mass is 9.69. The van der Waals surface area contributed by atoms with Gasteiger partial charge in [0.15, 0.2) is 11.6 Å². The predicted octanol–water partition coefficient (Wildman–Crippen LogP) is 6.80. The average molecular weight is 739 g/mol. The number of halogens is 3. The first-order chi connectivity index (χ1) is 25.6. The summed E-state index contributed by atoms with van der Waals surface area (Å²) < 4.78 is 54.9. The second-order valence-electron chi connectivity index (χ2n) is 14.7. The Labute approximate surface area is 304 Å². The summed E-state index contributed by atoms with van der Waals surface area (Å²) in [6, 6.07) is 11.3. The molecule has 1 amide bonds. The summed E-state index contributed by atoms with van der Waals surface area (Å²) >= 11 is 1.52. The average Bonchev–Trinajstić information content (AvgIpc) is 3.97. The number of thiophene rings is 1. The molecule has 1 spiro atoms. The van der Waals surface area contributed by atoms with Crippen LogP contribution in [0.4, 0.5) is 19.0 Å². The number of aromatic amines is 1. The number of ether oxygens (including phenoxy) is 1. The molecule has 3 N–H and O–H groups in total. The van der Waals surface area contributed by atoms with Crippen LogP contribution in [0.5, 0.6) is 5.75 Å². The van der Waals surface area contributed by atoms with Crippen LogP contribution in [0.2, 0.25) is 0 Å². The zero-order valence-electron chi connectivity index (χ0n) is 28.7. The molecule has 14 heteroatoms. The largest absolute Gasteiger partial charge is 0.493 e. The van der Waals surface area contributed by atoms with Crippen molar-refractivity contribution in [3.8, 4) is 5.75 Å². The zero-order chi connectivity index (χ0) is 36.3. The zero-order valence-corrected chi connectivity index (χ0v) is 29.6. The van der Waals surface area contributed by atoms with Gasteiger partial charge in [-0.25, -0.2) is 23.7 Å². The number of aryl methyl sites for hydroxylation is 2. The number of nitrogens with one attached hydrogen (secondary N) is 3. The van der Waals surface area contributed by atoms with E-state index in [1.54, 1.807) is 12.1 Å². The minimum atomic E-state index is -0.992. The van der Waals surface area contributed by atoms with Crippen LogP contribution in [-0.2, 0) is 17.6 Å². The van der Waals surface area contributed by atoms with Gasteiger partial charge in [0.05, 0.1) is 35.9 Å². The number of carbonyl (C=O) groups excluding carboxylic acids is 1. The maximum absolute atomic E-state index is 14.7. The molecule has 4 aliphatic heterocycles. The molecule has 2 aliphatic carbocycles. The molecule has 11 rings (SSSR count). The van der Waals surface area contributed by atoms with Gasteiger partial charge in [0.2, 0.25) is 11.7 Å². The van der Waals surface area contributed by atoms with Gasteiger partial charge in [0.25, 0.3) is 5.91 Å². The Balaban J connectivity index is 1.11. The number of rotatable bonds is 8. The molecule has 10 nitrogen and oxygen atoms in total. The van der Waals surface area contributed by atoms with E-state index in [0.29, 0.717) is 66.2 Å². The molecule has 2 bridgehead atoms. The van der Waals surface area contributed by atoms with E-state index in [-0.39, 0.29) is 29.4 Å². The van der Waals surface area contributed by atoms with E-state index >= 15 is 0 Å².